The molecule has 0 aromatic rings. The van der Waals surface area contributed by atoms with Gasteiger partial charge in [0.15, 0.2) is 0 Å². The SMILES string of the molecule is CC1(C)C2CC(=O)C1(CS(=O)(=O)O)C(C[C@@H]1NC[C@H]1O)C2. The van der Waals surface area contributed by atoms with Crippen LogP contribution in [0.2, 0.25) is 0 Å². The summed E-state index contributed by atoms with van der Waals surface area (Å²) in [7, 11) is -4.23. The van der Waals surface area contributed by atoms with Gasteiger partial charge in [-0.15, -0.1) is 0 Å². The van der Waals surface area contributed by atoms with E-state index in [0.717, 1.165) is 6.42 Å². The minimum atomic E-state index is -4.23. The molecule has 0 aromatic carbocycles. The summed E-state index contributed by atoms with van der Waals surface area (Å²) in [6, 6.07) is -0.0729. The summed E-state index contributed by atoms with van der Waals surface area (Å²) in [6.07, 6.45) is 1.35. The minimum absolute atomic E-state index is 0.0415. The Morgan fingerprint density at radius 3 is 2.48 bits per heavy atom. The van der Waals surface area contributed by atoms with Crippen molar-refractivity contribution in [3.63, 3.8) is 0 Å². The molecule has 3 unspecified atom stereocenters. The molecule has 3 rings (SSSR count). The molecule has 1 saturated heterocycles. The predicted octanol–water partition coefficient (Wildman–Crippen LogP) is 0.219. The smallest absolute Gasteiger partial charge is 0.265 e. The molecule has 3 aliphatic rings. The number of rotatable bonds is 4. The van der Waals surface area contributed by atoms with Crippen LogP contribution in [0.25, 0.3) is 0 Å². The van der Waals surface area contributed by atoms with Crippen LogP contribution in [0.1, 0.15) is 33.1 Å². The van der Waals surface area contributed by atoms with Gasteiger partial charge in [0.2, 0.25) is 0 Å². The van der Waals surface area contributed by atoms with Gasteiger partial charge < -0.3 is 10.4 Å². The first kappa shape index (κ1) is 15.4. The first-order chi connectivity index (χ1) is 9.58. The second-order valence-corrected chi connectivity index (χ2v) is 8.95. The van der Waals surface area contributed by atoms with Gasteiger partial charge in [0.1, 0.15) is 5.78 Å². The molecule has 120 valence electrons. The fourth-order valence-electron chi connectivity index (χ4n) is 4.97. The zero-order valence-corrected chi connectivity index (χ0v) is 13.2. The molecule has 0 aromatic heterocycles. The molecule has 3 fully saturated rings. The van der Waals surface area contributed by atoms with E-state index in [4.69, 9.17) is 0 Å². The van der Waals surface area contributed by atoms with Crippen LogP contribution in [-0.4, -0.2) is 48.3 Å². The molecule has 3 N–H and O–H groups in total. The number of aliphatic hydroxyl groups is 1. The maximum absolute atomic E-state index is 12.6. The molecule has 1 heterocycles. The Kier molecular flexibility index (Phi) is 3.30. The number of carbonyl (C=O) groups excluding carboxylic acids is 1. The first-order valence-corrected chi connectivity index (χ1v) is 9.09. The standard InChI is InChI=1S/C14H23NO5S/c1-13(2)8-3-9(4-10-11(16)6-15-10)14(13,12(17)5-8)7-21(18,19)20/h8-11,15-16H,3-7H2,1-2H3,(H,18,19,20)/t8?,9?,10-,11+,14?/m0/s1. The molecule has 21 heavy (non-hydrogen) atoms. The fourth-order valence-corrected chi connectivity index (χ4v) is 6.31. The maximum atomic E-state index is 12.6. The highest BCUT2D eigenvalue weighted by Crippen LogP contribution is 2.67. The van der Waals surface area contributed by atoms with E-state index in [2.05, 4.69) is 5.32 Å². The molecule has 2 aliphatic carbocycles. The Labute approximate surface area is 125 Å². The quantitative estimate of drug-likeness (QED) is 0.641. The van der Waals surface area contributed by atoms with E-state index < -0.39 is 32.8 Å². The first-order valence-electron chi connectivity index (χ1n) is 7.48. The molecule has 0 radical (unpaired) electrons. The van der Waals surface area contributed by atoms with Crippen LogP contribution in [0.4, 0.5) is 0 Å². The summed E-state index contributed by atoms with van der Waals surface area (Å²) >= 11 is 0. The number of hydrogen-bond acceptors (Lipinski definition) is 5. The Hall–Kier alpha value is -0.500. The van der Waals surface area contributed by atoms with Gasteiger partial charge >= 0.3 is 0 Å². The van der Waals surface area contributed by atoms with Crippen molar-refractivity contribution in [1.82, 2.24) is 5.32 Å². The molecule has 1 aliphatic heterocycles. The Morgan fingerprint density at radius 1 is 1.38 bits per heavy atom. The third-order valence-electron chi connectivity index (χ3n) is 6.37. The highest BCUT2D eigenvalue weighted by molar-refractivity contribution is 7.85. The van der Waals surface area contributed by atoms with Crippen LogP contribution < -0.4 is 5.32 Å². The third-order valence-corrected chi connectivity index (χ3v) is 7.19. The van der Waals surface area contributed by atoms with Crippen LogP contribution in [0, 0.1) is 22.7 Å². The van der Waals surface area contributed by atoms with Gasteiger partial charge in [-0.1, -0.05) is 13.8 Å². The molecule has 0 spiro atoms. The lowest BCUT2D eigenvalue weighted by Crippen LogP contribution is -2.59. The number of fused-ring (bicyclic) bond motifs is 2. The second kappa shape index (κ2) is 4.50. The van der Waals surface area contributed by atoms with Crippen molar-refractivity contribution >= 4 is 15.9 Å². The van der Waals surface area contributed by atoms with Gasteiger partial charge in [-0.2, -0.15) is 8.42 Å². The van der Waals surface area contributed by atoms with Gasteiger partial charge in [-0.3, -0.25) is 9.35 Å². The zero-order chi connectivity index (χ0) is 15.6. The molecule has 7 heteroatoms. The Bertz CT molecular complexity index is 572. The summed E-state index contributed by atoms with van der Waals surface area (Å²) in [6.45, 7) is 4.43. The normalized spacial score (nSPS) is 44.9. The van der Waals surface area contributed by atoms with Crippen molar-refractivity contribution in [2.75, 3.05) is 12.3 Å². The number of ketones is 1. The average Bonchev–Trinajstić information content (AvgIpc) is 2.63. The third kappa shape index (κ3) is 2.09. The highest BCUT2D eigenvalue weighted by Gasteiger charge is 2.70. The van der Waals surface area contributed by atoms with Crippen molar-refractivity contribution in [3.8, 4) is 0 Å². The van der Waals surface area contributed by atoms with E-state index >= 15 is 0 Å². The molecule has 2 bridgehead atoms. The second-order valence-electron chi connectivity index (χ2n) is 7.49. The van der Waals surface area contributed by atoms with Crippen molar-refractivity contribution in [2.45, 2.75) is 45.3 Å². The Balaban J connectivity index is 1.95. The monoisotopic (exact) mass is 317 g/mol. The van der Waals surface area contributed by atoms with E-state index in [-0.39, 0.29) is 23.7 Å². The van der Waals surface area contributed by atoms with Crippen molar-refractivity contribution in [3.05, 3.63) is 0 Å². The van der Waals surface area contributed by atoms with Gasteiger partial charge in [-0.05, 0) is 30.1 Å². The van der Waals surface area contributed by atoms with Crippen molar-refractivity contribution in [1.29, 1.82) is 0 Å². The molecular formula is C14H23NO5S. The minimum Gasteiger partial charge on any atom is -0.390 e. The van der Waals surface area contributed by atoms with E-state index in [0.29, 0.717) is 19.4 Å². The lowest BCUT2D eigenvalue weighted by atomic mass is 9.64. The molecular weight excluding hydrogens is 294 g/mol. The van der Waals surface area contributed by atoms with Gasteiger partial charge in [0.25, 0.3) is 10.1 Å². The van der Waals surface area contributed by atoms with E-state index in [1.165, 1.54) is 0 Å². The lowest BCUT2D eigenvalue weighted by molar-refractivity contribution is -0.132. The van der Waals surface area contributed by atoms with Gasteiger partial charge in [0.05, 0.1) is 17.3 Å². The highest BCUT2D eigenvalue weighted by atomic mass is 32.2. The van der Waals surface area contributed by atoms with Crippen LogP contribution in [0.5, 0.6) is 0 Å². The van der Waals surface area contributed by atoms with E-state index in [1.54, 1.807) is 0 Å². The molecule has 0 amide bonds. The van der Waals surface area contributed by atoms with Crippen LogP contribution in [-0.2, 0) is 14.9 Å². The van der Waals surface area contributed by atoms with E-state index in [1.807, 2.05) is 13.8 Å². The number of nitrogens with one attached hydrogen (secondary N) is 1. The largest absolute Gasteiger partial charge is 0.390 e. The number of aliphatic hydroxyl groups excluding tert-OH is 1. The van der Waals surface area contributed by atoms with E-state index in [9.17, 15) is 22.9 Å². The fraction of sp³-hybridized carbons (Fsp3) is 0.929. The Morgan fingerprint density at radius 2 is 2.05 bits per heavy atom. The van der Waals surface area contributed by atoms with Crippen LogP contribution in [0.3, 0.4) is 0 Å². The number of hydrogen-bond donors (Lipinski definition) is 3. The topological polar surface area (TPSA) is 104 Å². The summed E-state index contributed by atoms with van der Waals surface area (Å²) in [5.74, 6) is -0.474. The molecule has 5 atom stereocenters. The predicted molar refractivity (Wildman–Crippen MR) is 76.3 cm³/mol. The van der Waals surface area contributed by atoms with Crippen LogP contribution in [0.15, 0.2) is 0 Å². The summed E-state index contributed by atoms with van der Waals surface area (Å²) in [5, 5.41) is 12.9. The summed E-state index contributed by atoms with van der Waals surface area (Å²) in [5.41, 5.74) is -1.44. The lowest BCUT2D eigenvalue weighted by Gasteiger charge is -2.44. The zero-order valence-electron chi connectivity index (χ0n) is 12.4. The van der Waals surface area contributed by atoms with Gasteiger partial charge in [0, 0.05) is 19.0 Å². The van der Waals surface area contributed by atoms with Gasteiger partial charge in [-0.25, -0.2) is 0 Å². The molecule has 2 saturated carbocycles. The van der Waals surface area contributed by atoms with Crippen molar-refractivity contribution < 1.29 is 22.9 Å². The number of Topliss-reactive ketones (excluding diaryl/α,β-unsaturated/α-hetero) is 1. The summed E-state index contributed by atoms with van der Waals surface area (Å²) in [4.78, 5) is 12.6. The van der Waals surface area contributed by atoms with Crippen molar-refractivity contribution in [2.24, 2.45) is 22.7 Å². The van der Waals surface area contributed by atoms with Crippen LogP contribution >= 0.6 is 0 Å². The maximum Gasteiger partial charge on any atom is 0.265 e. The number of carbonyl (C=O) groups is 1. The number of β-amino-alcohol motifs (C(OH)–C–C–N with tert-alkyl or cyclic N) is 1. The average molecular weight is 317 g/mol. The molecule has 6 nitrogen and oxygen atoms in total. The summed E-state index contributed by atoms with van der Waals surface area (Å²) < 4.78 is 32.4.